The highest BCUT2D eigenvalue weighted by atomic mass is 32.2. The van der Waals surface area contributed by atoms with Crippen molar-refractivity contribution in [1.82, 2.24) is 14.9 Å². The zero-order chi connectivity index (χ0) is 13.2. The molecule has 0 aliphatic carbocycles. The lowest BCUT2D eigenvalue weighted by atomic mass is 10.2. The summed E-state index contributed by atoms with van der Waals surface area (Å²) in [5.41, 5.74) is 7.56. The van der Waals surface area contributed by atoms with E-state index < -0.39 is 10.0 Å². The number of rotatable bonds is 4. The van der Waals surface area contributed by atoms with Crippen molar-refractivity contribution in [2.24, 2.45) is 0 Å². The zero-order valence-electron chi connectivity index (χ0n) is 9.84. The molecule has 1 heterocycles. The van der Waals surface area contributed by atoms with Crippen LogP contribution in [0.5, 0.6) is 0 Å². The first-order chi connectivity index (χ1) is 8.49. The molecule has 2 aromatic rings. The Balaban J connectivity index is 2.11. The molecule has 1 aromatic carbocycles. The van der Waals surface area contributed by atoms with Gasteiger partial charge >= 0.3 is 0 Å². The van der Waals surface area contributed by atoms with Gasteiger partial charge in [0.15, 0.2) is 0 Å². The summed E-state index contributed by atoms with van der Waals surface area (Å²) in [6.45, 7) is 1.87. The summed E-state index contributed by atoms with van der Waals surface area (Å²) < 4.78 is 26.4. The SMILES string of the molecule is Cc1[nH]ncc1S(=O)(=O)NCc1ccc(N)cc1. The van der Waals surface area contributed by atoms with Crippen LogP contribution in [-0.4, -0.2) is 18.6 Å². The third-order valence-electron chi connectivity index (χ3n) is 2.52. The summed E-state index contributed by atoms with van der Waals surface area (Å²) in [5.74, 6) is 0. The number of sulfonamides is 1. The van der Waals surface area contributed by atoms with Gasteiger partial charge in [-0.3, -0.25) is 5.10 Å². The highest BCUT2D eigenvalue weighted by Gasteiger charge is 2.17. The molecule has 0 saturated carbocycles. The second kappa shape index (κ2) is 4.79. The normalized spacial score (nSPS) is 11.6. The molecule has 6 nitrogen and oxygen atoms in total. The molecular formula is C11H14N4O2S. The molecule has 0 saturated heterocycles. The monoisotopic (exact) mass is 266 g/mol. The Hall–Kier alpha value is -1.86. The van der Waals surface area contributed by atoms with Crippen molar-refractivity contribution >= 4 is 15.7 Å². The van der Waals surface area contributed by atoms with Crippen molar-refractivity contribution in [2.75, 3.05) is 5.73 Å². The van der Waals surface area contributed by atoms with Crippen LogP contribution in [0.25, 0.3) is 0 Å². The van der Waals surface area contributed by atoms with E-state index in [4.69, 9.17) is 5.73 Å². The molecule has 0 aliphatic rings. The van der Waals surface area contributed by atoms with Crippen LogP contribution in [0.4, 0.5) is 5.69 Å². The van der Waals surface area contributed by atoms with Crippen LogP contribution in [0.1, 0.15) is 11.3 Å². The van der Waals surface area contributed by atoms with Gasteiger partial charge in [-0.05, 0) is 24.6 Å². The van der Waals surface area contributed by atoms with Crippen molar-refractivity contribution < 1.29 is 8.42 Å². The number of nitrogens with two attached hydrogens (primary N) is 1. The predicted molar refractivity (Wildman–Crippen MR) is 68.2 cm³/mol. The first kappa shape index (κ1) is 12.6. The van der Waals surface area contributed by atoms with Crippen molar-refractivity contribution in [3.63, 3.8) is 0 Å². The fourth-order valence-corrected chi connectivity index (χ4v) is 2.65. The van der Waals surface area contributed by atoms with Crippen LogP contribution >= 0.6 is 0 Å². The maximum atomic E-state index is 12.0. The molecular weight excluding hydrogens is 252 g/mol. The van der Waals surface area contributed by atoms with Gasteiger partial charge in [0.2, 0.25) is 10.0 Å². The Morgan fingerprint density at radius 1 is 1.33 bits per heavy atom. The number of anilines is 1. The van der Waals surface area contributed by atoms with E-state index in [-0.39, 0.29) is 11.4 Å². The highest BCUT2D eigenvalue weighted by molar-refractivity contribution is 7.89. The standard InChI is InChI=1S/C11H14N4O2S/c1-8-11(7-13-15-8)18(16,17)14-6-9-2-4-10(12)5-3-9/h2-5,7,14H,6,12H2,1H3,(H,13,15). The number of aromatic nitrogens is 2. The molecule has 0 fully saturated rings. The van der Waals surface area contributed by atoms with E-state index >= 15 is 0 Å². The molecule has 0 bridgehead atoms. The second-order valence-electron chi connectivity index (χ2n) is 3.93. The average Bonchev–Trinajstić information content (AvgIpc) is 2.76. The molecule has 7 heteroatoms. The Kier molecular flexibility index (Phi) is 3.35. The van der Waals surface area contributed by atoms with Crippen LogP contribution in [-0.2, 0) is 16.6 Å². The van der Waals surface area contributed by atoms with E-state index in [0.29, 0.717) is 11.4 Å². The number of hydrogen-bond donors (Lipinski definition) is 3. The van der Waals surface area contributed by atoms with Gasteiger partial charge in [0.1, 0.15) is 4.90 Å². The molecule has 0 atom stereocenters. The molecule has 96 valence electrons. The Morgan fingerprint density at radius 3 is 2.56 bits per heavy atom. The third kappa shape index (κ3) is 2.69. The van der Waals surface area contributed by atoms with Crippen LogP contribution < -0.4 is 10.5 Å². The summed E-state index contributed by atoms with van der Waals surface area (Å²) >= 11 is 0. The number of aryl methyl sites for hydroxylation is 1. The minimum Gasteiger partial charge on any atom is -0.399 e. The van der Waals surface area contributed by atoms with E-state index in [1.807, 2.05) is 0 Å². The zero-order valence-corrected chi connectivity index (χ0v) is 10.7. The summed E-state index contributed by atoms with van der Waals surface area (Å²) in [4.78, 5) is 0.165. The van der Waals surface area contributed by atoms with Gasteiger partial charge < -0.3 is 5.73 Å². The summed E-state index contributed by atoms with van der Waals surface area (Å²) in [5, 5.41) is 6.29. The van der Waals surface area contributed by atoms with Gasteiger partial charge in [0, 0.05) is 12.2 Å². The van der Waals surface area contributed by atoms with Gasteiger partial charge in [0.25, 0.3) is 0 Å². The number of H-pyrrole nitrogens is 1. The van der Waals surface area contributed by atoms with Gasteiger partial charge in [-0.15, -0.1) is 0 Å². The Labute approximate surface area is 105 Å². The summed E-state index contributed by atoms with van der Waals surface area (Å²) in [7, 11) is -3.53. The van der Waals surface area contributed by atoms with Crippen LogP contribution in [0.3, 0.4) is 0 Å². The third-order valence-corrected chi connectivity index (χ3v) is 4.03. The maximum absolute atomic E-state index is 12.0. The first-order valence-corrected chi connectivity index (χ1v) is 6.81. The van der Waals surface area contributed by atoms with Crippen molar-refractivity contribution in [2.45, 2.75) is 18.4 Å². The van der Waals surface area contributed by atoms with Crippen LogP contribution in [0.15, 0.2) is 35.4 Å². The lowest BCUT2D eigenvalue weighted by molar-refractivity contribution is 0.581. The maximum Gasteiger partial charge on any atom is 0.244 e. The fourth-order valence-electron chi connectivity index (χ4n) is 1.50. The van der Waals surface area contributed by atoms with E-state index in [1.54, 1.807) is 31.2 Å². The van der Waals surface area contributed by atoms with Gasteiger partial charge in [-0.25, -0.2) is 13.1 Å². The Bertz CT molecular complexity index is 631. The molecule has 4 N–H and O–H groups in total. The number of benzene rings is 1. The first-order valence-electron chi connectivity index (χ1n) is 5.33. The lowest BCUT2D eigenvalue weighted by Gasteiger charge is -2.06. The largest absolute Gasteiger partial charge is 0.399 e. The topological polar surface area (TPSA) is 101 Å². The van der Waals surface area contributed by atoms with E-state index in [9.17, 15) is 8.42 Å². The number of aromatic amines is 1. The highest BCUT2D eigenvalue weighted by Crippen LogP contribution is 2.12. The minimum atomic E-state index is -3.53. The fraction of sp³-hybridized carbons (Fsp3) is 0.182. The molecule has 0 radical (unpaired) electrons. The van der Waals surface area contributed by atoms with E-state index in [2.05, 4.69) is 14.9 Å². The van der Waals surface area contributed by atoms with Crippen molar-refractivity contribution in [3.05, 3.63) is 41.7 Å². The molecule has 18 heavy (non-hydrogen) atoms. The van der Waals surface area contributed by atoms with Gasteiger partial charge in [-0.1, -0.05) is 12.1 Å². The predicted octanol–water partition coefficient (Wildman–Crippen LogP) is 0.779. The van der Waals surface area contributed by atoms with Crippen molar-refractivity contribution in [1.29, 1.82) is 0 Å². The summed E-state index contributed by atoms with van der Waals surface area (Å²) in [6.07, 6.45) is 1.29. The van der Waals surface area contributed by atoms with Gasteiger partial charge in [0.05, 0.1) is 11.9 Å². The number of nitrogens with one attached hydrogen (secondary N) is 2. The molecule has 2 rings (SSSR count). The lowest BCUT2D eigenvalue weighted by Crippen LogP contribution is -2.23. The van der Waals surface area contributed by atoms with Crippen LogP contribution in [0, 0.1) is 6.92 Å². The molecule has 0 amide bonds. The number of hydrogen-bond acceptors (Lipinski definition) is 4. The average molecular weight is 266 g/mol. The van der Waals surface area contributed by atoms with E-state index in [1.165, 1.54) is 6.20 Å². The van der Waals surface area contributed by atoms with Crippen molar-refractivity contribution in [3.8, 4) is 0 Å². The molecule has 0 aliphatic heterocycles. The summed E-state index contributed by atoms with van der Waals surface area (Å²) in [6, 6.07) is 7.01. The molecule has 1 aromatic heterocycles. The smallest absolute Gasteiger partial charge is 0.244 e. The quantitative estimate of drug-likeness (QED) is 0.712. The van der Waals surface area contributed by atoms with Crippen LogP contribution in [0.2, 0.25) is 0 Å². The second-order valence-corrected chi connectivity index (χ2v) is 5.66. The number of nitrogen functional groups attached to an aromatic ring is 1. The Morgan fingerprint density at radius 2 is 2.00 bits per heavy atom. The van der Waals surface area contributed by atoms with E-state index in [0.717, 1.165) is 5.56 Å². The molecule has 0 unspecified atom stereocenters. The number of nitrogens with zero attached hydrogens (tertiary/aromatic N) is 1. The molecule has 0 spiro atoms. The van der Waals surface area contributed by atoms with Gasteiger partial charge in [-0.2, -0.15) is 5.10 Å². The minimum absolute atomic E-state index is 0.165.